The summed E-state index contributed by atoms with van der Waals surface area (Å²) in [6, 6.07) is 13.2. The van der Waals surface area contributed by atoms with Gasteiger partial charge < -0.3 is 9.88 Å². The van der Waals surface area contributed by atoms with Crippen molar-refractivity contribution in [3.63, 3.8) is 0 Å². The first-order valence-electron chi connectivity index (χ1n) is 8.00. The summed E-state index contributed by atoms with van der Waals surface area (Å²) in [5.41, 5.74) is 1.17. The number of rotatable bonds is 5. The first-order chi connectivity index (χ1) is 12.5. The van der Waals surface area contributed by atoms with Gasteiger partial charge in [0.2, 0.25) is 5.91 Å². The van der Waals surface area contributed by atoms with Gasteiger partial charge in [0, 0.05) is 28.6 Å². The molecule has 1 amide bonds. The van der Waals surface area contributed by atoms with E-state index in [-0.39, 0.29) is 22.2 Å². The lowest BCUT2D eigenvalue weighted by atomic mass is 10.2. The maximum atomic E-state index is 13.2. The van der Waals surface area contributed by atoms with Crippen LogP contribution in [0.15, 0.2) is 58.2 Å². The standard InChI is InChI=1S/C19H16ClFN2O2S/c1-2-23-16-6-4-3-5-13(16)17(10-19(23)25)26-11-18(24)22-12-7-8-15(21)14(20)9-12/h3-10H,2,11H2,1H3,(H,22,24). The molecule has 0 saturated carbocycles. The van der Waals surface area contributed by atoms with E-state index in [1.807, 2.05) is 31.2 Å². The quantitative estimate of drug-likeness (QED) is 0.650. The topological polar surface area (TPSA) is 51.1 Å². The third-order valence-electron chi connectivity index (χ3n) is 3.86. The van der Waals surface area contributed by atoms with E-state index in [1.54, 1.807) is 10.6 Å². The Balaban J connectivity index is 1.78. The van der Waals surface area contributed by atoms with Crippen molar-refractivity contribution in [1.29, 1.82) is 0 Å². The van der Waals surface area contributed by atoms with E-state index < -0.39 is 5.82 Å². The lowest BCUT2D eigenvalue weighted by Gasteiger charge is -2.12. The smallest absolute Gasteiger partial charge is 0.252 e. The number of nitrogens with one attached hydrogen (secondary N) is 1. The average molecular weight is 391 g/mol. The van der Waals surface area contributed by atoms with E-state index in [4.69, 9.17) is 11.6 Å². The molecule has 0 aliphatic heterocycles. The molecule has 3 rings (SSSR count). The van der Waals surface area contributed by atoms with Crippen molar-refractivity contribution in [3.05, 3.63) is 69.7 Å². The van der Waals surface area contributed by atoms with E-state index in [0.29, 0.717) is 12.2 Å². The summed E-state index contributed by atoms with van der Waals surface area (Å²) in [5.74, 6) is -0.683. The fraction of sp³-hybridized carbons (Fsp3) is 0.158. The molecule has 0 fully saturated rings. The zero-order valence-corrected chi connectivity index (χ0v) is 15.5. The number of fused-ring (bicyclic) bond motifs is 1. The monoisotopic (exact) mass is 390 g/mol. The minimum Gasteiger partial charge on any atom is -0.325 e. The molecular formula is C19H16ClFN2O2S. The molecule has 1 N–H and O–H groups in total. The van der Waals surface area contributed by atoms with Crippen LogP contribution in [-0.2, 0) is 11.3 Å². The van der Waals surface area contributed by atoms with Crippen molar-refractivity contribution in [2.45, 2.75) is 18.4 Å². The van der Waals surface area contributed by atoms with E-state index in [0.717, 1.165) is 15.8 Å². The van der Waals surface area contributed by atoms with Crippen LogP contribution >= 0.6 is 23.4 Å². The number of aryl methyl sites for hydroxylation is 1. The molecule has 0 aliphatic rings. The van der Waals surface area contributed by atoms with E-state index >= 15 is 0 Å². The molecule has 134 valence electrons. The minimum absolute atomic E-state index is 0.0513. The maximum Gasteiger partial charge on any atom is 0.252 e. The summed E-state index contributed by atoms with van der Waals surface area (Å²) >= 11 is 7.00. The number of thioether (sulfide) groups is 1. The van der Waals surface area contributed by atoms with Crippen molar-refractivity contribution >= 4 is 45.9 Å². The molecule has 0 radical (unpaired) electrons. The van der Waals surface area contributed by atoms with Gasteiger partial charge in [0.15, 0.2) is 0 Å². The SMILES string of the molecule is CCn1c(=O)cc(SCC(=O)Nc2ccc(F)c(Cl)c2)c2ccccc21. The molecule has 0 bridgehead atoms. The highest BCUT2D eigenvalue weighted by atomic mass is 35.5. The highest BCUT2D eigenvalue weighted by Gasteiger charge is 2.11. The molecule has 1 heterocycles. The second kappa shape index (κ2) is 7.93. The summed E-state index contributed by atoms with van der Waals surface area (Å²) in [6.07, 6.45) is 0. The minimum atomic E-state index is -0.540. The molecule has 0 aliphatic carbocycles. The van der Waals surface area contributed by atoms with Crippen LogP contribution in [0.1, 0.15) is 6.92 Å². The Labute approximate surface area is 159 Å². The summed E-state index contributed by atoms with van der Waals surface area (Å²) in [7, 11) is 0. The number of aromatic nitrogens is 1. The normalized spacial score (nSPS) is 10.9. The first-order valence-corrected chi connectivity index (χ1v) is 9.36. The lowest BCUT2D eigenvalue weighted by molar-refractivity contribution is -0.113. The van der Waals surface area contributed by atoms with Crippen molar-refractivity contribution in [2.75, 3.05) is 11.1 Å². The van der Waals surface area contributed by atoms with Crippen LogP contribution in [0.4, 0.5) is 10.1 Å². The molecule has 0 saturated heterocycles. The van der Waals surface area contributed by atoms with Gasteiger partial charge in [-0.1, -0.05) is 29.8 Å². The molecule has 3 aromatic rings. The zero-order valence-electron chi connectivity index (χ0n) is 14.0. The molecule has 26 heavy (non-hydrogen) atoms. The van der Waals surface area contributed by atoms with Crippen LogP contribution in [0, 0.1) is 5.82 Å². The maximum absolute atomic E-state index is 13.2. The van der Waals surface area contributed by atoms with E-state index in [1.165, 1.54) is 30.0 Å². The Bertz CT molecular complexity index is 1040. The number of nitrogens with zero attached hydrogens (tertiary/aromatic N) is 1. The number of anilines is 1. The van der Waals surface area contributed by atoms with Gasteiger partial charge >= 0.3 is 0 Å². The van der Waals surface area contributed by atoms with Crippen molar-refractivity contribution in [2.24, 2.45) is 0 Å². The summed E-state index contributed by atoms with van der Waals surface area (Å²) in [5, 5.41) is 3.55. The van der Waals surface area contributed by atoms with Crippen LogP contribution < -0.4 is 10.9 Å². The summed E-state index contributed by atoms with van der Waals surface area (Å²) in [4.78, 5) is 25.2. The highest BCUT2D eigenvalue weighted by Crippen LogP contribution is 2.27. The molecule has 0 unspecified atom stereocenters. The molecule has 0 spiro atoms. The number of hydrogen-bond donors (Lipinski definition) is 1. The number of carbonyl (C=O) groups excluding carboxylic acids is 1. The molecule has 7 heteroatoms. The lowest BCUT2D eigenvalue weighted by Crippen LogP contribution is -2.19. The number of hydrogen-bond acceptors (Lipinski definition) is 3. The fourth-order valence-electron chi connectivity index (χ4n) is 2.66. The zero-order chi connectivity index (χ0) is 18.7. The van der Waals surface area contributed by atoms with Gasteiger partial charge in [-0.2, -0.15) is 0 Å². The fourth-order valence-corrected chi connectivity index (χ4v) is 3.72. The van der Waals surface area contributed by atoms with E-state index in [2.05, 4.69) is 5.32 Å². The van der Waals surface area contributed by atoms with Gasteiger partial charge in [0.1, 0.15) is 5.82 Å². The van der Waals surface area contributed by atoms with Crippen LogP contribution in [0.25, 0.3) is 10.9 Å². The Hall–Kier alpha value is -2.31. The molecule has 1 aromatic heterocycles. The van der Waals surface area contributed by atoms with Crippen molar-refractivity contribution in [3.8, 4) is 0 Å². The molecular weight excluding hydrogens is 375 g/mol. The Morgan fingerprint density at radius 3 is 2.73 bits per heavy atom. The van der Waals surface area contributed by atoms with E-state index in [9.17, 15) is 14.0 Å². The largest absolute Gasteiger partial charge is 0.325 e. The number of benzene rings is 2. The van der Waals surface area contributed by atoms with Crippen molar-refractivity contribution < 1.29 is 9.18 Å². The number of halogens is 2. The van der Waals surface area contributed by atoms with Gasteiger partial charge in [-0.15, -0.1) is 11.8 Å². The Morgan fingerprint density at radius 2 is 2.00 bits per heavy atom. The van der Waals surface area contributed by atoms with Gasteiger partial charge in [0.05, 0.1) is 16.3 Å². The first kappa shape index (κ1) is 18.5. The third kappa shape index (κ3) is 3.92. The average Bonchev–Trinajstić information content (AvgIpc) is 2.63. The molecule has 2 aromatic carbocycles. The summed E-state index contributed by atoms with van der Waals surface area (Å²) in [6.45, 7) is 2.50. The van der Waals surface area contributed by atoms with Gasteiger partial charge in [0.25, 0.3) is 5.56 Å². The van der Waals surface area contributed by atoms with Gasteiger partial charge in [-0.05, 0) is 31.2 Å². The second-order valence-electron chi connectivity index (χ2n) is 5.57. The molecule has 4 nitrogen and oxygen atoms in total. The molecule has 0 atom stereocenters. The second-order valence-corrected chi connectivity index (χ2v) is 7.00. The number of para-hydroxylation sites is 1. The third-order valence-corrected chi connectivity index (χ3v) is 5.20. The Morgan fingerprint density at radius 1 is 1.23 bits per heavy atom. The number of carbonyl (C=O) groups is 1. The van der Waals surface area contributed by atoms with Crippen LogP contribution in [0.5, 0.6) is 0 Å². The van der Waals surface area contributed by atoms with Gasteiger partial charge in [-0.3, -0.25) is 9.59 Å². The predicted molar refractivity (Wildman–Crippen MR) is 105 cm³/mol. The van der Waals surface area contributed by atoms with Crippen LogP contribution in [-0.4, -0.2) is 16.2 Å². The number of pyridine rings is 1. The van der Waals surface area contributed by atoms with Gasteiger partial charge in [-0.25, -0.2) is 4.39 Å². The van der Waals surface area contributed by atoms with Crippen LogP contribution in [0.3, 0.4) is 0 Å². The van der Waals surface area contributed by atoms with Crippen LogP contribution in [0.2, 0.25) is 5.02 Å². The summed E-state index contributed by atoms with van der Waals surface area (Å²) < 4.78 is 14.9. The Kier molecular flexibility index (Phi) is 5.64. The van der Waals surface area contributed by atoms with Crippen molar-refractivity contribution in [1.82, 2.24) is 4.57 Å². The number of amides is 1. The highest BCUT2D eigenvalue weighted by molar-refractivity contribution is 8.00. The predicted octanol–water partition coefficient (Wildman–Crippen LogP) is 4.54.